The SMILES string of the molecule is CCCCCCCCc1ccc(OCC(=O)Cn2nnnc2SC)cc1. The van der Waals surface area contributed by atoms with E-state index in [0.29, 0.717) is 10.9 Å². The summed E-state index contributed by atoms with van der Waals surface area (Å²) >= 11 is 1.41. The first-order valence-corrected chi connectivity index (χ1v) is 10.5. The maximum atomic E-state index is 12.0. The van der Waals surface area contributed by atoms with Crippen LogP contribution in [0.2, 0.25) is 0 Å². The van der Waals surface area contributed by atoms with Gasteiger partial charge in [0.25, 0.3) is 0 Å². The number of tetrazole rings is 1. The van der Waals surface area contributed by atoms with Crippen molar-refractivity contribution in [1.82, 2.24) is 20.2 Å². The number of Topliss-reactive ketones (excluding diaryl/α,β-unsaturated/α-hetero) is 1. The number of aromatic nitrogens is 4. The fraction of sp³-hybridized carbons (Fsp3) is 0.579. The van der Waals surface area contributed by atoms with Gasteiger partial charge in [-0.2, -0.15) is 0 Å². The number of carbonyl (C=O) groups excluding carboxylic acids is 1. The topological polar surface area (TPSA) is 69.9 Å². The first kappa shape index (κ1) is 20.4. The number of benzene rings is 1. The molecule has 0 saturated carbocycles. The molecule has 26 heavy (non-hydrogen) atoms. The van der Waals surface area contributed by atoms with Crippen LogP contribution in [0, 0.1) is 0 Å². The summed E-state index contributed by atoms with van der Waals surface area (Å²) in [5.41, 5.74) is 1.32. The third-order valence-corrected chi connectivity index (χ3v) is 4.81. The van der Waals surface area contributed by atoms with E-state index in [1.807, 2.05) is 18.4 Å². The molecule has 0 aliphatic heterocycles. The molecule has 0 aliphatic carbocycles. The molecule has 0 bridgehead atoms. The van der Waals surface area contributed by atoms with Crippen LogP contribution in [0.1, 0.15) is 51.0 Å². The highest BCUT2D eigenvalue weighted by Gasteiger charge is 2.10. The zero-order chi connectivity index (χ0) is 18.6. The van der Waals surface area contributed by atoms with E-state index in [1.54, 1.807) is 0 Å². The lowest BCUT2D eigenvalue weighted by Gasteiger charge is -2.07. The number of rotatable bonds is 13. The van der Waals surface area contributed by atoms with Crippen LogP contribution in [0.4, 0.5) is 0 Å². The predicted octanol–water partition coefficient (Wildman–Crippen LogP) is 3.95. The summed E-state index contributed by atoms with van der Waals surface area (Å²) in [7, 11) is 0. The second-order valence-electron chi connectivity index (χ2n) is 6.31. The molecule has 6 nitrogen and oxygen atoms in total. The first-order chi connectivity index (χ1) is 12.7. The standard InChI is InChI=1S/C19H28N4O2S/c1-3-4-5-6-7-8-9-16-10-12-18(13-11-16)25-15-17(24)14-23-19(26-2)20-21-22-23/h10-13H,3-9,14-15H2,1-2H3. The summed E-state index contributed by atoms with van der Waals surface area (Å²) < 4.78 is 7.06. The minimum Gasteiger partial charge on any atom is -0.486 e. The van der Waals surface area contributed by atoms with Gasteiger partial charge >= 0.3 is 0 Å². The van der Waals surface area contributed by atoms with Crippen LogP contribution >= 0.6 is 11.8 Å². The smallest absolute Gasteiger partial charge is 0.209 e. The molecule has 2 aromatic rings. The van der Waals surface area contributed by atoms with E-state index >= 15 is 0 Å². The van der Waals surface area contributed by atoms with Crippen molar-refractivity contribution in [2.45, 2.75) is 63.6 Å². The van der Waals surface area contributed by atoms with Crippen LogP contribution in [0.15, 0.2) is 29.4 Å². The molecule has 0 fully saturated rings. The minimum atomic E-state index is -0.0660. The van der Waals surface area contributed by atoms with Gasteiger partial charge in [0.15, 0.2) is 5.78 Å². The number of thioether (sulfide) groups is 1. The van der Waals surface area contributed by atoms with Crippen LogP contribution in [0.3, 0.4) is 0 Å². The van der Waals surface area contributed by atoms with Crippen molar-refractivity contribution in [1.29, 1.82) is 0 Å². The summed E-state index contributed by atoms with van der Waals surface area (Å²) in [5, 5.41) is 11.8. The van der Waals surface area contributed by atoms with Gasteiger partial charge in [0.05, 0.1) is 0 Å². The Labute approximate surface area is 159 Å². The molecular formula is C19H28N4O2S. The molecule has 1 aromatic carbocycles. The Balaban J connectivity index is 1.67. The number of ketones is 1. The third kappa shape index (κ3) is 7.15. The lowest BCUT2D eigenvalue weighted by atomic mass is 10.0. The average molecular weight is 377 g/mol. The quantitative estimate of drug-likeness (QED) is 0.389. The predicted molar refractivity (Wildman–Crippen MR) is 104 cm³/mol. The molecule has 0 N–H and O–H groups in total. The fourth-order valence-electron chi connectivity index (χ4n) is 2.68. The van der Waals surface area contributed by atoms with Crippen LogP contribution in [0.5, 0.6) is 5.75 Å². The molecule has 0 amide bonds. The zero-order valence-electron chi connectivity index (χ0n) is 15.7. The third-order valence-electron chi connectivity index (χ3n) is 4.15. The van der Waals surface area contributed by atoms with Gasteiger partial charge in [0.2, 0.25) is 5.16 Å². The summed E-state index contributed by atoms with van der Waals surface area (Å²) in [4.78, 5) is 12.0. The summed E-state index contributed by atoms with van der Waals surface area (Å²) in [5.74, 6) is 0.649. The van der Waals surface area contributed by atoms with E-state index in [0.717, 1.165) is 6.42 Å². The van der Waals surface area contributed by atoms with Crippen LogP contribution in [-0.4, -0.2) is 38.9 Å². The van der Waals surface area contributed by atoms with Crippen molar-refractivity contribution in [3.63, 3.8) is 0 Å². The fourth-order valence-corrected chi connectivity index (χ4v) is 3.11. The highest BCUT2D eigenvalue weighted by Crippen LogP contribution is 2.15. The van der Waals surface area contributed by atoms with Gasteiger partial charge in [-0.25, -0.2) is 4.68 Å². The van der Waals surface area contributed by atoms with Crippen molar-refractivity contribution in [3.8, 4) is 5.75 Å². The Kier molecular flexibility index (Phi) is 9.17. The Morgan fingerprint density at radius 3 is 2.58 bits per heavy atom. The monoisotopic (exact) mass is 376 g/mol. The van der Waals surface area contributed by atoms with E-state index in [1.165, 1.54) is 60.5 Å². The molecule has 142 valence electrons. The zero-order valence-corrected chi connectivity index (χ0v) is 16.5. The van der Waals surface area contributed by atoms with E-state index in [4.69, 9.17) is 4.74 Å². The number of nitrogens with zero attached hydrogens (tertiary/aromatic N) is 4. The molecule has 0 spiro atoms. The van der Waals surface area contributed by atoms with E-state index < -0.39 is 0 Å². The molecule has 1 heterocycles. The van der Waals surface area contributed by atoms with Gasteiger partial charge < -0.3 is 4.74 Å². The van der Waals surface area contributed by atoms with Gasteiger partial charge in [-0.05, 0) is 47.2 Å². The van der Waals surface area contributed by atoms with Crippen LogP contribution in [-0.2, 0) is 17.8 Å². The van der Waals surface area contributed by atoms with E-state index in [9.17, 15) is 4.79 Å². The largest absolute Gasteiger partial charge is 0.486 e. The van der Waals surface area contributed by atoms with Crippen molar-refractivity contribution in [2.75, 3.05) is 12.9 Å². The van der Waals surface area contributed by atoms with E-state index in [-0.39, 0.29) is 18.9 Å². The first-order valence-electron chi connectivity index (χ1n) is 9.26. The van der Waals surface area contributed by atoms with E-state index in [2.05, 4.69) is 34.6 Å². The minimum absolute atomic E-state index is 0.0183. The molecule has 0 saturated heterocycles. The maximum Gasteiger partial charge on any atom is 0.209 e. The second-order valence-corrected chi connectivity index (χ2v) is 7.09. The number of hydrogen-bond donors (Lipinski definition) is 0. The average Bonchev–Trinajstić information content (AvgIpc) is 3.11. The highest BCUT2D eigenvalue weighted by atomic mass is 32.2. The van der Waals surface area contributed by atoms with Crippen molar-refractivity contribution < 1.29 is 9.53 Å². The molecule has 1 aromatic heterocycles. The molecule has 0 aliphatic rings. The van der Waals surface area contributed by atoms with Gasteiger partial charge in [0.1, 0.15) is 18.9 Å². The number of carbonyl (C=O) groups is 1. The Morgan fingerprint density at radius 2 is 1.85 bits per heavy atom. The maximum absolute atomic E-state index is 12.0. The molecule has 7 heteroatoms. The normalized spacial score (nSPS) is 10.8. The van der Waals surface area contributed by atoms with Crippen LogP contribution < -0.4 is 4.74 Å². The Bertz CT molecular complexity index is 658. The van der Waals surface area contributed by atoms with Crippen molar-refractivity contribution in [2.24, 2.45) is 0 Å². The lowest BCUT2D eigenvalue weighted by molar-refractivity contribution is -0.121. The second kappa shape index (κ2) is 11.7. The number of ether oxygens (including phenoxy) is 1. The lowest BCUT2D eigenvalue weighted by Crippen LogP contribution is -2.19. The highest BCUT2D eigenvalue weighted by molar-refractivity contribution is 7.98. The number of hydrogen-bond acceptors (Lipinski definition) is 6. The van der Waals surface area contributed by atoms with Crippen molar-refractivity contribution >= 4 is 17.5 Å². The van der Waals surface area contributed by atoms with Gasteiger partial charge in [0, 0.05) is 0 Å². The summed E-state index contributed by atoms with van der Waals surface area (Å²) in [6.45, 7) is 2.38. The van der Waals surface area contributed by atoms with Gasteiger partial charge in [-0.15, -0.1) is 5.10 Å². The summed E-state index contributed by atoms with van der Waals surface area (Å²) in [6.07, 6.45) is 10.8. The Hall–Kier alpha value is -1.89. The molecule has 2 rings (SSSR count). The van der Waals surface area contributed by atoms with Gasteiger partial charge in [-0.1, -0.05) is 62.9 Å². The molecule has 0 atom stereocenters. The molecule has 0 unspecified atom stereocenters. The number of unbranched alkanes of at least 4 members (excludes halogenated alkanes) is 5. The molecular weight excluding hydrogens is 348 g/mol. The number of aryl methyl sites for hydroxylation is 1. The van der Waals surface area contributed by atoms with Gasteiger partial charge in [-0.3, -0.25) is 4.79 Å². The Morgan fingerprint density at radius 1 is 1.12 bits per heavy atom. The summed E-state index contributed by atoms with van der Waals surface area (Å²) in [6, 6.07) is 8.03. The molecule has 0 radical (unpaired) electrons. The van der Waals surface area contributed by atoms with Crippen molar-refractivity contribution in [3.05, 3.63) is 29.8 Å². The van der Waals surface area contributed by atoms with Crippen LogP contribution in [0.25, 0.3) is 0 Å².